The quantitative estimate of drug-likeness (QED) is 0.317. The van der Waals surface area contributed by atoms with Gasteiger partial charge in [-0.25, -0.2) is 10.8 Å². The van der Waals surface area contributed by atoms with Crippen molar-refractivity contribution in [1.82, 2.24) is 0 Å². The summed E-state index contributed by atoms with van der Waals surface area (Å²) in [5.41, 5.74) is 22.9. The van der Waals surface area contributed by atoms with Gasteiger partial charge in [0.05, 0.1) is 34.8 Å². The van der Waals surface area contributed by atoms with Gasteiger partial charge in [0.15, 0.2) is 0 Å². The number of nitrogens with zero attached hydrogens (tertiary/aromatic N) is 2. The van der Waals surface area contributed by atoms with Crippen LogP contribution in [0.1, 0.15) is 0 Å². The van der Waals surface area contributed by atoms with E-state index in [9.17, 15) is 0 Å². The summed E-state index contributed by atoms with van der Waals surface area (Å²) >= 11 is 0. The van der Waals surface area contributed by atoms with Crippen molar-refractivity contribution in [2.75, 3.05) is 22.9 Å². The Hall–Kier alpha value is -2.82. The van der Waals surface area contributed by atoms with Crippen LogP contribution in [-0.4, -0.2) is 12.0 Å². The van der Waals surface area contributed by atoms with Gasteiger partial charge in [-0.1, -0.05) is 0 Å². The van der Waals surface area contributed by atoms with Crippen molar-refractivity contribution in [2.45, 2.75) is 0 Å². The summed E-state index contributed by atoms with van der Waals surface area (Å²) in [5.74, 6) is 0. The maximum Gasteiger partial charge on any atom is 0.125 e. The van der Waals surface area contributed by atoms with Crippen LogP contribution in [0.3, 0.4) is 0 Å². The van der Waals surface area contributed by atoms with Crippen LogP contribution in [0.25, 0.3) is 0 Å². The summed E-state index contributed by atoms with van der Waals surface area (Å²) in [6, 6.07) is 3.58. The Kier molecular flexibility index (Phi) is 2.91. The second-order valence-corrected chi connectivity index (χ2v) is 2.80. The second-order valence-electron chi connectivity index (χ2n) is 2.80. The number of benzene rings is 1. The SMILES string of the molecule is N=C=Nc1c(N)c(N)c(N)c(N=C=N)c1N. The van der Waals surface area contributed by atoms with Crippen molar-refractivity contribution in [3.05, 3.63) is 0 Å². The highest BCUT2D eigenvalue weighted by Crippen LogP contribution is 2.46. The van der Waals surface area contributed by atoms with Gasteiger partial charge in [-0.3, -0.25) is 0 Å². The zero-order valence-electron chi connectivity index (χ0n) is 8.20. The van der Waals surface area contributed by atoms with Gasteiger partial charge in [-0.2, -0.15) is 9.98 Å². The molecular weight excluding hydrogens is 208 g/mol. The lowest BCUT2D eigenvalue weighted by atomic mass is 10.1. The van der Waals surface area contributed by atoms with Crippen LogP contribution < -0.4 is 22.9 Å². The molecule has 0 saturated heterocycles. The lowest BCUT2D eigenvalue weighted by Gasteiger charge is -2.12. The van der Waals surface area contributed by atoms with Crippen molar-refractivity contribution in [3.63, 3.8) is 0 Å². The smallest absolute Gasteiger partial charge is 0.125 e. The van der Waals surface area contributed by atoms with Gasteiger partial charge in [0, 0.05) is 0 Å². The van der Waals surface area contributed by atoms with Gasteiger partial charge in [-0.05, 0) is 0 Å². The summed E-state index contributed by atoms with van der Waals surface area (Å²) in [5, 5.41) is 13.5. The van der Waals surface area contributed by atoms with Gasteiger partial charge >= 0.3 is 0 Å². The molecule has 8 nitrogen and oxygen atoms in total. The van der Waals surface area contributed by atoms with E-state index in [0.717, 1.165) is 0 Å². The molecule has 8 heteroatoms. The molecule has 0 unspecified atom stereocenters. The fraction of sp³-hybridized carbons (Fsp3) is 0. The predicted octanol–water partition coefficient (Wildman–Crippen LogP) is 0.784. The molecule has 1 aromatic rings. The van der Waals surface area contributed by atoms with Crippen LogP contribution in [-0.2, 0) is 0 Å². The molecule has 0 heterocycles. The zero-order chi connectivity index (χ0) is 12.3. The van der Waals surface area contributed by atoms with Crippen LogP contribution in [0.2, 0.25) is 0 Å². The van der Waals surface area contributed by atoms with E-state index in [1.807, 2.05) is 0 Å². The topological polar surface area (TPSA) is 176 Å². The minimum atomic E-state index is 0.0312. The van der Waals surface area contributed by atoms with Crippen molar-refractivity contribution in [3.8, 4) is 0 Å². The van der Waals surface area contributed by atoms with Crippen LogP contribution in [0.4, 0.5) is 34.1 Å². The van der Waals surface area contributed by atoms with Gasteiger partial charge < -0.3 is 22.9 Å². The van der Waals surface area contributed by atoms with E-state index < -0.39 is 0 Å². The number of rotatable bonds is 2. The highest BCUT2D eigenvalue weighted by atomic mass is 14.9. The number of aliphatic imine (C=N–C) groups is 2. The van der Waals surface area contributed by atoms with Crippen molar-refractivity contribution in [1.29, 1.82) is 10.8 Å². The highest BCUT2D eigenvalue weighted by Gasteiger charge is 2.16. The maximum atomic E-state index is 6.75. The Morgan fingerprint density at radius 1 is 0.688 bits per heavy atom. The lowest BCUT2D eigenvalue weighted by molar-refractivity contribution is 1.44. The molecule has 0 aliphatic heterocycles. The number of hydrogen-bond donors (Lipinski definition) is 6. The summed E-state index contributed by atoms with van der Waals surface area (Å²) < 4.78 is 0. The first-order valence-corrected chi connectivity index (χ1v) is 4.05. The third-order valence-electron chi connectivity index (χ3n) is 1.94. The van der Waals surface area contributed by atoms with Gasteiger partial charge in [0.1, 0.15) is 11.4 Å². The number of nitrogens with two attached hydrogens (primary N) is 4. The molecule has 0 spiro atoms. The molecule has 0 fully saturated rings. The summed E-state index contributed by atoms with van der Waals surface area (Å²) in [6.07, 6.45) is 0. The fourth-order valence-electron chi connectivity index (χ4n) is 1.16. The molecule has 0 atom stereocenters. The van der Waals surface area contributed by atoms with Crippen molar-refractivity contribution in [2.24, 2.45) is 9.98 Å². The zero-order valence-corrected chi connectivity index (χ0v) is 8.20. The van der Waals surface area contributed by atoms with Crippen LogP contribution in [0.5, 0.6) is 0 Å². The number of hydrogen-bond acceptors (Lipinski definition) is 8. The molecule has 0 bridgehead atoms. The van der Waals surface area contributed by atoms with E-state index in [4.69, 9.17) is 33.8 Å². The number of anilines is 4. The normalized spacial score (nSPS) is 9.00. The van der Waals surface area contributed by atoms with Crippen LogP contribution >= 0.6 is 0 Å². The Balaban J connectivity index is 3.78. The molecule has 0 radical (unpaired) electrons. The number of nitrogens with one attached hydrogen (secondary N) is 2. The largest absolute Gasteiger partial charge is 0.395 e. The van der Waals surface area contributed by atoms with Crippen LogP contribution in [0, 0.1) is 10.8 Å². The lowest BCUT2D eigenvalue weighted by Crippen LogP contribution is -2.03. The minimum Gasteiger partial charge on any atom is -0.395 e. The number of nitrogen functional groups attached to an aromatic ring is 4. The van der Waals surface area contributed by atoms with Crippen molar-refractivity contribution < 1.29 is 0 Å². The molecule has 16 heavy (non-hydrogen) atoms. The Morgan fingerprint density at radius 2 is 1.06 bits per heavy atom. The third kappa shape index (κ3) is 1.57. The summed E-state index contributed by atoms with van der Waals surface area (Å²) in [4.78, 5) is 7.07. The van der Waals surface area contributed by atoms with E-state index in [1.165, 1.54) is 0 Å². The highest BCUT2D eigenvalue weighted by molar-refractivity contribution is 6.03. The molecule has 1 rings (SSSR count). The molecule has 0 amide bonds. The molecular formula is C8H10N8. The first-order chi connectivity index (χ1) is 7.54. The molecule has 0 saturated carbocycles. The Bertz CT molecular complexity index is 488. The maximum absolute atomic E-state index is 6.75. The summed E-state index contributed by atoms with van der Waals surface area (Å²) in [7, 11) is 0. The van der Waals surface area contributed by atoms with Crippen LogP contribution in [0.15, 0.2) is 9.98 Å². The molecule has 82 valence electrons. The Labute approximate surface area is 90.7 Å². The fourth-order valence-corrected chi connectivity index (χ4v) is 1.16. The minimum absolute atomic E-state index is 0.0312. The second kappa shape index (κ2) is 4.14. The van der Waals surface area contributed by atoms with E-state index in [-0.39, 0.29) is 34.1 Å². The van der Waals surface area contributed by atoms with Crippen molar-refractivity contribution >= 4 is 46.1 Å². The molecule has 10 N–H and O–H groups in total. The van der Waals surface area contributed by atoms with E-state index >= 15 is 0 Å². The first kappa shape index (κ1) is 11.3. The van der Waals surface area contributed by atoms with Gasteiger partial charge in [0.2, 0.25) is 0 Å². The first-order valence-electron chi connectivity index (χ1n) is 4.05. The summed E-state index contributed by atoms with van der Waals surface area (Å²) in [6.45, 7) is 0. The van der Waals surface area contributed by atoms with E-state index in [1.54, 1.807) is 12.0 Å². The molecule has 0 aliphatic carbocycles. The third-order valence-corrected chi connectivity index (χ3v) is 1.94. The van der Waals surface area contributed by atoms with Gasteiger partial charge in [0.25, 0.3) is 0 Å². The molecule has 0 aliphatic rings. The molecule has 0 aromatic heterocycles. The molecule has 1 aromatic carbocycles. The standard InChI is InChI=1S/C8H10N8/c9-1-15-7-4(12)3(11)5(13)8(6(7)14)16-2-10/h9-10H,11-14H2. The van der Waals surface area contributed by atoms with E-state index in [0.29, 0.717) is 0 Å². The Morgan fingerprint density at radius 3 is 1.38 bits per heavy atom. The van der Waals surface area contributed by atoms with Gasteiger partial charge in [-0.15, -0.1) is 0 Å². The van der Waals surface area contributed by atoms with E-state index in [2.05, 4.69) is 9.98 Å². The predicted molar refractivity (Wildman–Crippen MR) is 63.7 cm³/mol. The average Bonchev–Trinajstić information content (AvgIpc) is 2.28. The monoisotopic (exact) mass is 218 g/mol. The average molecular weight is 218 g/mol.